The number of halogens is 1. The largest absolute Gasteiger partial charge is 0.507 e. The van der Waals surface area contributed by atoms with Gasteiger partial charge in [0, 0.05) is 22.7 Å². The van der Waals surface area contributed by atoms with Crippen molar-refractivity contribution in [2.24, 2.45) is 0 Å². The van der Waals surface area contributed by atoms with Gasteiger partial charge in [-0.15, -0.1) is 0 Å². The minimum Gasteiger partial charge on any atom is -0.507 e. The average molecular weight is 532 g/mol. The van der Waals surface area contributed by atoms with Crippen molar-refractivity contribution >= 4 is 17.5 Å². The number of unbranched alkanes of at least 4 members (excludes halogenated alkanes) is 2. The van der Waals surface area contributed by atoms with Gasteiger partial charge in [0.05, 0.1) is 19.8 Å². The van der Waals surface area contributed by atoms with Crippen molar-refractivity contribution in [2.45, 2.75) is 38.8 Å². The number of aromatic nitrogens is 2. The van der Waals surface area contributed by atoms with Gasteiger partial charge in [-0.05, 0) is 60.0 Å². The first-order valence-corrected chi connectivity index (χ1v) is 13.1. The van der Waals surface area contributed by atoms with Crippen LogP contribution in [-0.2, 0) is 6.54 Å². The van der Waals surface area contributed by atoms with Crippen LogP contribution in [0.15, 0.2) is 66.7 Å². The number of phenolic OH excluding ortho intramolecular Hbond substituents is 1. The molecule has 0 fully saturated rings. The van der Waals surface area contributed by atoms with Gasteiger partial charge in [0.1, 0.15) is 28.6 Å². The molecule has 0 radical (unpaired) electrons. The Morgan fingerprint density at radius 1 is 1.05 bits per heavy atom. The van der Waals surface area contributed by atoms with Crippen molar-refractivity contribution in [3.63, 3.8) is 0 Å². The number of phenols is 1. The number of benzene rings is 3. The molecule has 3 aromatic carbocycles. The smallest absolute Gasteiger partial charge is 0.273 e. The van der Waals surface area contributed by atoms with E-state index in [9.17, 15) is 9.90 Å². The van der Waals surface area contributed by atoms with E-state index in [-0.39, 0.29) is 11.7 Å². The molecular formula is C30H30ClN3O4. The van der Waals surface area contributed by atoms with Crippen LogP contribution in [0, 0.1) is 0 Å². The summed E-state index contributed by atoms with van der Waals surface area (Å²) in [5.41, 5.74) is 3.90. The number of amides is 1. The Morgan fingerprint density at radius 2 is 1.87 bits per heavy atom. The molecule has 0 saturated carbocycles. The number of methoxy groups -OCH3 is 1. The van der Waals surface area contributed by atoms with Crippen molar-refractivity contribution in [3.8, 4) is 28.5 Å². The minimum atomic E-state index is -0.453. The van der Waals surface area contributed by atoms with Crippen molar-refractivity contribution in [3.05, 3.63) is 94.1 Å². The van der Waals surface area contributed by atoms with Crippen LogP contribution in [-0.4, -0.2) is 39.8 Å². The van der Waals surface area contributed by atoms with Crippen LogP contribution < -0.4 is 9.47 Å². The molecule has 0 spiro atoms. The molecule has 1 unspecified atom stereocenters. The third-order valence-corrected chi connectivity index (χ3v) is 7.02. The van der Waals surface area contributed by atoms with E-state index >= 15 is 0 Å². The Bertz CT molecular complexity index is 1430. The van der Waals surface area contributed by atoms with Gasteiger partial charge in [-0.1, -0.05) is 55.6 Å². The zero-order valence-corrected chi connectivity index (χ0v) is 22.2. The average Bonchev–Trinajstić information content (AvgIpc) is 3.47. The highest BCUT2D eigenvalue weighted by Gasteiger charge is 2.42. The van der Waals surface area contributed by atoms with Crippen molar-refractivity contribution in [1.29, 1.82) is 0 Å². The van der Waals surface area contributed by atoms with Crippen LogP contribution in [0.3, 0.4) is 0 Å². The molecule has 38 heavy (non-hydrogen) atoms. The standard InChI is InChI=1S/C30H30ClN3O4/c1-3-4-5-15-38-23-8-6-7-20(16-23)29-26-27(24-17-21(31)11-14-25(24)35)32-33-28(26)30(36)34(29)18-19-9-12-22(37-2)13-10-19/h6-14,16-17,29,35H,3-5,15,18H2,1-2H3,(H,32,33). The lowest BCUT2D eigenvalue weighted by Gasteiger charge is -2.27. The van der Waals surface area contributed by atoms with E-state index in [2.05, 4.69) is 17.1 Å². The molecule has 1 atom stereocenters. The fraction of sp³-hybridized carbons (Fsp3) is 0.267. The van der Waals surface area contributed by atoms with E-state index in [1.54, 1.807) is 19.2 Å². The summed E-state index contributed by atoms with van der Waals surface area (Å²) in [6.07, 6.45) is 3.21. The quantitative estimate of drug-likeness (QED) is 0.221. The molecular weight excluding hydrogens is 502 g/mol. The molecule has 0 saturated heterocycles. The monoisotopic (exact) mass is 531 g/mol. The molecule has 0 aliphatic carbocycles. The zero-order chi connectivity index (χ0) is 26.6. The van der Waals surface area contributed by atoms with Crippen molar-refractivity contribution < 1.29 is 19.4 Å². The summed E-state index contributed by atoms with van der Waals surface area (Å²) in [5.74, 6) is 1.37. The van der Waals surface area contributed by atoms with Crippen LogP contribution >= 0.6 is 11.6 Å². The summed E-state index contributed by atoms with van der Waals surface area (Å²) in [7, 11) is 1.62. The number of rotatable bonds is 10. The first-order valence-electron chi connectivity index (χ1n) is 12.7. The van der Waals surface area contributed by atoms with E-state index in [0.29, 0.717) is 40.7 Å². The molecule has 7 nitrogen and oxygen atoms in total. The molecule has 196 valence electrons. The Morgan fingerprint density at radius 3 is 2.63 bits per heavy atom. The van der Waals surface area contributed by atoms with Crippen LogP contribution in [0.4, 0.5) is 0 Å². The topological polar surface area (TPSA) is 87.7 Å². The first-order chi connectivity index (χ1) is 18.5. The number of carbonyl (C=O) groups is 1. The number of aromatic hydroxyl groups is 1. The van der Waals surface area contributed by atoms with Gasteiger partial charge in [0.2, 0.25) is 0 Å². The fourth-order valence-corrected chi connectivity index (χ4v) is 5.03. The second-order valence-corrected chi connectivity index (χ2v) is 9.77. The Balaban J connectivity index is 1.57. The number of nitrogens with zero attached hydrogens (tertiary/aromatic N) is 2. The Labute approximate surface area is 227 Å². The predicted octanol–water partition coefficient (Wildman–Crippen LogP) is 6.76. The summed E-state index contributed by atoms with van der Waals surface area (Å²) >= 11 is 6.27. The molecule has 5 rings (SSSR count). The summed E-state index contributed by atoms with van der Waals surface area (Å²) in [6, 6.07) is 19.9. The first kappa shape index (κ1) is 25.7. The number of H-pyrrole nitrogens is 1. The van der Waals surface area contributed by atoms with E-state index < -0.39 is 6.04 Å². The van der Waals surface area contributed by atoms with E-state index in [1.807, 2.05) is 53.4 Å². The highest BCUT2D eigenvalue weighted by Crippen LogP contribution is 2.46. The lowest BCUT2D eigenvalue weighted by atomic mass is 9.95. The SMILES string of the molecule is CCCCCOc1cccc(C2c3c(-c4cc(Cl)ccc4O)n[nH]c3C(=O)N2Cc2ccc(OC)cc2)c1. The van der Waals surface area contributed by atoms with Gasteiger partial charge in [-0.25, -0.2) is 0 Å². The van der Waals surface area contributed by atoms with Crippen LogP contribution in [0.2, 0.25) is 5.02 Å². The third kappa shape index (κ3) is 5.07. The van der Waals surface area contributed by atoms with E-state index in [1.165, 1.54) is 6.07 Å². The normalized spacial score (nSPS) is 14.6. The summed E-state index contributed by atoms with van der Waals surface area (Å²) in [4.78, 5) is 15.6. The Kier molecular flexibility index (Phi) is 7.56. The van der Waals surface area contributed by atoms with E-state index in [0.717, 1.165) is 41.9 Å². The fourth-order valence-electron chi connectivity index (χ4n) is 4.85. The molecule has 8 heteroatoms. The van der Waals surface area contributed by atoms with Gasteiger partial charge in [-0.2, -0.15) is 5.10 Å². The minimum absolute atomic E-state index is 0.0384. The second kappa shape index (κ2) is 11.2. The number of fused-ring (bicyclic) bond motifs is 1. The van der Waals surface area contributed by atoms with Crippen LogP contribution in [0.1, 0.15) is 59.4 Å². The van der Waals surface area contributed by atoms with Gasteiger partial charge < -0.3 is 19.5 Å². The summed E-state index contributed by atoms with van der Waals surface area (Å²) < 4.78 is 11.3. The summed E-state index contributed by atoms with van der Waals surface area (Å²) in [6.45, 7) is 3.17. The Hall–Kier alpha value is -3.97. The molecule has 2 heterocycles. The maximum Gasteiger partial charge on any atom is 0.273 e. The highest BCUT2D eigenvalue weighted by atomic mass is 35.5. The molecule has 2 N–H and O–H groups in total. The zero-order valence-electron chi connectivity index (χ0n) is 21.4. The number of carbonyl (C=O) groups excluding carboxylic acids is 1. The predicted molar refractivity (Wildman–Crippen MR) is 147 cm³/mol. The number of nitrogens with one attached hydrogen (secondary N) is 1. The van der Waals surface area contributed by atoms with Crippen molar-refractivity contribution in [1.82, 2.24) is 15.1 Å². The molecule has 1 aliphatic heterocycles. The number of hydrogen-bond acceptors (Lipinski definition) is 5. The van der Waals surface area contributed by atoms with Gasteiger partial charge >= 0.3 is 0 Å². The molecule has 4 aromatic rings. The van der Waals surface area contributed by atoms with Crippen LogP contribution in [0.5, 0.6) is 17.2 Å². The number of hydrogen-bond donors (Lipinski definition) is 2. The molecule has 1 aliphatic rings. The van der Waals surface area contributed by atoms with Crippen molar-refractivity contribution in [2.75, 3.05) is 13.7 Å². The molecule has 1 amide bonds. The maximum absolute atomic E-state index is 13.7. The number of ether oxygens (including phenoxy) is 2. The second-order valence-electron chi connectivity index (χ2n) is 9.33. The summed E-state index contributed by atoms with van der Waals surface area (Å²) in [5, 5.41) is 18.5. The third-order valence-electron chi connectivity index (χ3n) is 6.78. The van der Waals surface area contributed by atoms with Gasteiger partial charge in [0.25, 0.3) is 5.91 Å². The number of aromatic amines is 1. The van der Waals surface area contributed by atoms with Gasteiger partial charge in [0.15, 0.2) is 0 Å². The lowest BCUT2D eigenvalue weighted by Crippen LogP contribution is -2.29. The van der Waals surface area contributed by atoms with Crippen LogP contribution in [0.25, 0.3) is 11.3 Å². The van der Waals surface area contributed by atoms with E-state index in [4.69, 9.17) is 21.1 Å². The molecule has 1 aromatic heterocycles. The highest BCUT2D eigenvalue weighted by molar-refractivity contribution is 6.31. The van der Waals surface area contributed by atoms with Gasteiger partial charge in [-0.3, -0.25) is 9.89 Å². The maximum atomic E-state index is 13.7. The molecule has 0 bridgehead atoms. The lowest BCUT2D eigenvalue weighted by molar-refractivity contribution is 0.0730.